The molecule has 0 fully saturated rings. The number of carbonyl (C=O) groups is 4. The maximum atomic E-state index is 12.8. The van der Waals surface area contributed by atoms with Crippen molar-refractivity contribution >= 4 is 24.2 Å². The molecule has 0 radical (unpaired) electrons. The van der Waals surface area contributed by atoms with Gasteiger partial charge >= 0.3 is 24.2 Å². The molecule has 0 aliphatic rings. The molecule has 0 aliphatic carbocycles. The highest BCUT2D eigenvalue weighted by molar-refractivity contribution is 5.81. The minimum absolute atomic E-state index is 0.0285. The molecule has 1 rings (SSSR count). The van der Waals surface area contributed by atoms with Crippen molar-refractivity contribution in [3.63, 3.8) is 0 Å². The predicted molar refractivity (Wildman–Crippen MR) is 156 cm³/mol. The zero-order valence-corrected chi connectivity index (χ0v) is 26.4. The number of hydrogen-bond acceptors (Lipinski definition) is 11. The molecular weight excluding hydrogens is 546 g/mol. The molecule has 1 aromatic carbocycles. The standard InChI is InChI=1S/C31H49NO10/c1-9-20(4)14-27(33)40-23(7)16-31(32,28(34)37-8)17-24-12-13-25(41-29(35)38-18-21(5)10-2)26(15-24)42-30(36)39-19-22(6)11-3/h12-13,15,20-23H,9-11,14,16-19,32H2,1-8H3/t20?,21?,22?,23?,31-/m1/s1. The van der Waals surface area contributed by atoms with Gasteiger partial charge < -0.3 is 34.2 Å². The van der Waals surface area contributed by atoms with Gasteiger partial charge in [0.05, 0.1) is 20.3 Å². The van der Waals surface area contributed by atoms with E-state index >= 15 is 0 Å². The van der Waals surface area contributed by atoms with Crippen LogP contribution in [0, 0.1) is 17.8 Å². The van der Waals surface area contributed by atoms with E-state index in [0.717, 1.165) is 19.3 Å². The van der Waals surface area contributed by atoms with Crippen LogP contribution in [0.15, 0.2) is 18.2 Å². The van der Waals surface area contributed by atoms with E-state index in [4.69, 9.17) is 34.2 Å². The third-order valence-corrected chi connectivity index (χ3v) is 7.07. The molecule has 11 nitrogen and oxygen atoms in total. The molecule has 0 amide bonds. The van der Waals surface area contributed by atoms with Crippen LogP contribution in [0.3, 0.4) is 0 Å². The molecule has 0 saturated heterocycles. The van der Waals surface area contributed by atoms with Crippen molar-refractivity contribution in [1.82, 2.24) is 0 Å². The quantitative estimate of drug-likeness (QED) is 0.129. The average molecular weight is 596 g/mol. The van der Waals surface area contributed by atoms with E-state index in [0.29, 0.717) is 5.56 Å². The van der Waals surface area contributed by atoms with Crippen LogP contribution in [0.25, 0.3) is 0 Å². The summed E-state index contributed by atoms with van der Waals surface area (Å²) >= 11 is 0. The second kappa shape index (κ2) is 18.3. The number of rotatable bonds is 17. The van der Waals surface area contributed by atoms with Crippen molar-refractivity contribution in [2.45, 2.75) is 98.6 Å². The summed E-state index contributed by atoms with van der Waals surface area (Å²) in [6.07, 6.45) is -0.0201. The summed E-state index contributed by atoms with van der Waals surface area (Å²) in [6, 6.07) is 4.40. The van der Waals surface area contributed by atoms with Gasteiger partial charge in [-0.05, 0) is 42.4 Å². The monoisotopic (exact) mass is 595 g/mol. The van der Waals surface area contributed by atoms with Crippen molar-refractivity contribution in [2.75, 3.05) is 20.3 Å². The maximum absolute atomic E-state index is 12.8. The molecule has 5 atom stereocenters. The fraction of sp³-hybridized carbons (Fsp3) is 0.677. The fourth-order valence-electron chi connectivity index (χ4n) is 3.77. The summed E-state index contributed by atoms with van der Waals surface area (Å²) in [5, 5.41) is 0. The van der Waals surface area contributed by atoms with E-state index < -0.39 is 29.9 Å². The summed E-state index contributed by atoms with van der Waals surface area (Å²) in [4.78, 5) is 49.9. The molecule has 2 N–H and O–H groups in total. The Labute approximate surface area is 249 Å². The van der Waals surface area contributed by atoms with Gasteiger partial charge in [0.2, 0.25) is 0 Å². The Bertz CT molecular complexity index is 1030. The maximum Gasteiger partial charge on any atom is 0.513 e. The van der Waals surface area contributed by atoms with E-state index in [9.17, 15) is 19.2 Å². The Balaban J connectivity index is 3.21. The molecule has 238 valence electrons. The number of nitrogens with two attached hydrogens (primary N) is 1. The lowest BCUT2D eigenvalue weighted by Crippen LogP contribution is -2.53. The number of benzene rings is 1. The fourth-order valence-corrected chi connectivity index (χ4v) is 3.77. The molecule has 1 aromatic rings. The van der Waals surface area contributed by atoms with Gasteiger partial charge in [0.25, 0.3) is 0 Å². The molecule has 42 heavy (non-hydrogen) atoms. The highest BCUT2D eigenvalue weighted by Crippen LogP contribution is 2.32. The summed E-state index contributed by atoms with van der Waals surface area (Å²) in [5.74, 6) is -0.873. The van der Waals surface area contributed by atoms with Crippen LogP contribution < -0.4 is 15.2 Å². The van der Waals surface area contributed by atoms with E-state index in [1.165, 1.54) is 19.2 Å². The van der Waals surface area contributed by atoms with Gasteiger partial charge in [-0.3, -0.25) is 9.59 Å². The lowest BCUT2D eigenvalue weighted by molar-refractivity contribution is -0.155. The van der Waals surface area contributed by atoms with Gasteiger partial charge in [-0.1, -0.05) is 66.9 Å². The minimum Gasteiger partial charge on any atom is -0.468 e. The Morgan fingerprint density at radius 2 is 1.33 bits per heavy atom. The van der Waals surface area contributed by atoms with Crippen molar-refractivity contribution in [3.05, 3.63) is 23.8 Å². The molecule has 0 aliphatic heterocycles. The number of esters is 2. The van der Waals surface area contributed by atoms with Crippen LogP contribution in [0.2, 0.25) is 0 Å². The lowest BCUT2D eigenvalue weighted by atomic mass is 9.86. The first kappa shape index (κ1) is 36.7. The van der Waals surface area contributed by atoms with Gasteiger partial charge in [-0.25, -0.2) is 9.59 Å². The van der Waals surface area contributed by atoms with Crippen LogP contribution in [0.4, 0.5) is 9.59 Å². The van der Waals surface area contributed by atoms with Crippen molar-refractivity contribution in [2.24, 2.45) is 23.5 Å². The topological polar surface area (TPSA) is 150 Å². The number of hydrogen-bond donors (Lipinski definition) is 1. The highest BCUT2D eigenvalue weighted by atomic mass is 16.7. The van der Waals surface area contributed by atoms with Gasteiger partial charge in [0, 0.05) is 19.3 Å². The van der Waals surface area contributed by atoms with Crippen molar-refractivity contribution in [1.29, 1.82) is 0 Å². The van der Waals surface area contributed by atoms with E-state index in [1.807, 2.05) is 41.5 Å². The first-order chi connectivity index (χ1) is 19.8. The Morgan fingerprint density at radius 1 is 0.810 bits per heavy atom. The first-order valence-electron chi connectivity index (χ1n) is 14.7. The van der Waals surface area contributed by atoms with Crippen LogP contribution in [-0.4, -0.2) is 56.2 Å². The molecule has 0 heterocycles. The zero-order chi connectivity index (χ0) is 31.9. The van der Waals surface area contributed by atoms with Gasteiger partial charge in [-0.15, -0.1) is 0 Å². The van der Waals surface area contributed by atoms with Gasteiger partial charge in [-0.2, -0.15) is 0 Å². The Hall–Kier alpha value is -3.34. The lowest BCUT2D eigenvalue weighted by Gasteiger charge is -2.29. The molecule has 0 spiro atoms. The summed E-state index contributed by atoms with van der Waals surface area (Å²) in [7, 11) is 1.22. The number of ether oxygens (including phenoxy) is 6. The van der Waals surface area contributed by atoms with Crippen LogP contribution in [0.1, 0.15) is 86.1 Å². The Morgan fingerprint density at radius 3 is 1.83 bits per heavy atom. The van der Waals surface area contributed by atoms with Crippen LogP contribution in [0.5, 0.6) is 11.5 Å². The van der Waals surface area contributed by atoms with E-state index in [-0.39, 0.29) is 67.7 Å². The number of methoxy groups -OCH3 is 1. The summed E-state index contributed by atoms with van der Waals surface area (Å²) in [5.41, 5.74) is 5.41. The normalized spacial score (nSPS) is 15.3. The van der Waals surface area contributed by atoms with Crippen LogP contribution in [-0.2, 0) is 35.0 Å². The SMILES string of the molecule is CCC(C)COC(=O)Oc1ccc(C[C@](N)(CC(C)OC(=O)CC(C)CC)C(=O)OC)cc1OC(=O)OCC(C)CC. The highest BCUT2D eigenvalue weighted by Gasteiger charge is 2.38. The molecule has 4 unspecified atom stereocenters. The average Bonchev–Trinajstić information content (AvgIpc) is 2.94. The summed E-state index contributed by atoms with van der Waals surface area (Å²) in [6.45, 7) is 13.7. The third-order valence-electron chi connectivity index (χ3n) is 7.07. The second-order valence-electron chi connectivity index (χ2n) is 11.2. The molecule has 0 bridgehead atoms. The minimum atomic E-state index is -1.59. The van der Waals surface area contributed by atoms with Gasteiger partial charge in [0.15, 0.2) is 11.5 Å². The van der Waals surface area contributed by atoms with Crippen molar-refractivity contribution in [3.8, 4) is 11.5 Å². The largest absolute Gasteiger partial charge is 0.513 e. The second-order valence-corrected chi connectivity index (χ2v) is 11.2. The predicted octanol–water partition coefficient (Wildman–Crippen LogP) is 5.98. The van der Waals surface area contributed by atoms with Crippen molar-refractivity contribution < 1.29 is 47.6 Å². The van der Waals surface area contributed by atoms with E-state index in [1.54, 1.807) is 13.0 Å². The third kappa shape index (κ3) is 13.1. The Kier molecular flexibility index (Phi) is 15.9. The summed E-state index contributed by atoms with van der Waals surface area (Å²) < 4.78 is 31.5. The smallest absolute Gasteiger partial charge is 0.468 e. The van der Waals surface area contributed by atoms with E-state index in [2.05, 4.69) is 0 Å². The van der Waals surface area contributed by atoms with Gasteiger partial charge in [0.1, 0.15) is 11.6 Å². The van der Waals surface area contributed by atoms with Crippen LogP contribution >= 0.6 is 0 Å². The molecule has 11 heteroatoms. The first-order valence-corrected chi connectivity index (χ1v) is 14.7. The molecule has 0 saturated carbocycles. The number of carbonyl (C=O) groups excluding carboxylic acids is 4. The zero-order valence-electron chi connectivity index (χ0n) is 26.4. The molecular formula is C31H49NO10. The molecule has 0 aromatic heterocycles.